The van der Waals surface area contributed by atoms with Crippen molar-refractivity contribution < 1.29 is 9.59 Å². The van der Waals surface area contributed by atoms with Gasteiger partial charge in [-0.15, -0.1) is 0 Å². The molecule has 3 aromatic carbocycles. The van der Waals surface area contributed by atoms with Gasteiger partial charge < -0.3 is 10.2 Å². The molecule has 1 unspecified atom stereocenters. The van der Waals surface area contributed by atoms with Crippen molar-refractivity contribution in [3.63, 3.8) is 0 Å². The fourth-order valence-electron chi connectivity index (χ4n) is 4.64. The van der Waals surface area contributed by atoms with Crippen LogP contribution in [0.15, 0.2) is 60.7 Å². The van der Waals surface area contributed by atoms with Gasteiger partial charge in [-0.25, -0.2) is 0 Å². The molecule has 4 aromatic rings. The van der Waals surface area contributed by atoms with Crippen LogP contribution < -0.4 is 10.2 Å². The average molecular weight is 424 g/mol. The number of fused-ring (bicyclic) bond motifs is 2. The van der Waals surface area contributed by atoms with Gasteiger partial charge in [-0.3, -0.25) is 14.6 Å². The summed E-state index contributed by atoms with van der Waals surface area (Å²) in [6.07, 6.45) is 0. The number of hydrogen-bond acceptors (Lipinski definition) is 3. The molecule has 5 nitrogen and oxygen atoms in total. The van der Waals surface area contributed by atoms with Gasteiger partial charge in [0.1, 0.15) is 5.41 Å². The molecule has 0 saturated carbocycles. The van der Waals surface area contributed by atoms with E-state index < -0.39 is 5.41 Å². The monoisotopic (exact) mass is 423 g/mol. The molecule has 5 rings (SSSR count). The third-order valence-corrected chi connectivity index (χ3v) is 6.53. The maximum absolute atomic E-state index is 13.6. The number of anilines is 1. The molecule has 2 amide bonds. The molecule has 0 spiro atoms. The minimum atomic E-state index is -0.985. The Balaban J connectivity index is 1.65. The van der Waals surface area contributed by atoms with Gasteiger partial charge in [0.2, 0.25) is 5.91 Å². The minimum absolute atomic E-state index is 0.0827. The lowest BCUT2D eigenvalue weighted by Gasteiger charge is -2.38. The summed E-state index contributed by atoms with van der Waals surface area (Å²) in [5.74, 6) is -0.283. The number of benzene rings is 3. The predicted octanol–water partition coefficient (Wildman–Crippen LogP) is 4.67. The first-order chi connectivity index (χ1) is 15.3. The zero-order valence-electron chi connectivity index (χ0n) is 18.7. The Morgan fingerprint density at radius 1 is 1.00 bits per heavy atom. The van der Waals surface area contributed by atoms with Crippen LogP contribution in [-0.2, 0) is 10.2 Å². The number of aromatic nitrogens is 1. The standard InChI is InChI=1S/C27H25N3O2/c1-16-8-11-18(12-9-16)25(31)28-15-27(3)24-23-19(6-5-7-22(23)30(4)26(27)32)20-14-17(2)10-13-21(20)29-24/h5-14H,15H2,1-4H3,(H,28,31). The molecule has 0 saturated heterocycles. The lowest BCUT2D eigenvalue weighted by molar-refractivity contribution is -0.123. The van der Waals surface area contributed by atoms with Crippen LogP contribution in [0, 0.1) is 13.8 Å². The van der Waals surface area contributed by atoms with E-state index in [4.69, 9.17) is 4.98 Å². The molecule has 0 fully saturated rings. The largest absolute Gasteiger partial charge is 0.351 e. The summed E-state index contributed by atoms with van der Waals surface area (Å²) in [7, 11) is 1.79. The Kier molecular flexibility index (Phi) is 4.52. The third-order valence-electron chi connectivity index (χ3n) is 6.53. The number of carbonyl (C=O) groups excluding carboxylic acids is 2. The van der Waals surface area contributed by atoms with Gasteiger partial charge in [0, 0.05) is 29.9 Å². The molecular weight excluding hydrogens is 398 g/mol. The highest BCUT2D eigenvalue weighted by molar-refractivity contribution is 6.19. The number of hydrogen-bond donors (Lipinski definition) is 1. The number of nitrogens with zero attached hydrogens (tertiary/aromatic N) is 2. The number of pyridine rings is 1. The number of amides is 2. The number of carbonyl (C=O) groups is 2. The van der Waals surface area contributed by atoms with Crippen LogP contribution in [0.1, 0.15) is 34.1 Å². The summed E-state index contributed by atoms with van der Waals surface area (Å²) in [6.45, 7) is 6.08. The quantitative estimate of drug-likeness (QED) is 0.487. The Hall–Kier alpha value is -3.73. The van der Waals surface area contributed by atoms with E-state index in [1.165, 1.54) is 0 Å². The summed E-state index contributed by atoms with van der Waals surface area (Å²) >= 11 is 0. The fraction of sp³-hybridized carbons (Fsp3) is 0.222. The lowest BCUT2D eigenvalue weighted by Crippen LogP contribution is -2.53. The predicted molar refractivity (Wildman–Crippen MR) is 128 cm³/mol. The van der Waals surface area contributed by atoms with Crippen molar-refractivity contribution in [3.8, 4) is 0 Å². The van der Waals surface area contributed by atoms with E-state index in [9.17, 15) is 9.59 Å². The van der Waals surface area contributed by atoms with Crippen molar-refractivity contribution in [1.29, 1.82) is 0 Å². The minimum Gasteiger partial charge on any atom is -0.351 e. The summed E-state index contributed by atoms with van der Waals surface area (Å²) in [5.41, 5.74) is 4.25. The zero-order valence-corrected chi connectivity index (χ0v) is 18.7. The molecule has 0 bridgehead atoms. The van der Waals surface area contributed by atoms with Gasteiger partial charge in [0.25, 0.3) is 5.91 Å². The van der Waals surface area contributed by atoms with E-state index in [0.29, 0.717) is 11.3 Å². The highest BCUT2D eigenvalue weighted by Crippen LogP contribution is 2.43. The van der Waals surface area contributed by atoms with E-state index in [1.807, 2.05) is 50.2 Å². The molecule has 160 valence electrons. The second kappa shape index (κ2) is 7.16. The van der Waals surface area contributed by atoms with Crippen LogP contribution in [0.4, 0.5) is 5.69 Å². The van der Waals surface area contributed by atoms with Crippen LogP contribution in [0.3, 0.4) is 0 Å². The van der Waals surface area contributed by atoms with Gasteiger partial charge in [-0.1, -0.05) is 41.5 Å². The van der Waals surface area contributed by atoms with Gasteiger partial charge in [-0.2, -0.15) is 0 Å². The zero-order chi connectivity index (χ0) is 22.6. The lowest BCUT2D eigenvalue weighted by atomic mass is 9.78. The Labute approximate surface area is 187 Å². The van der Waals surface area contributed by atoms with Crippen molar-refractivity contribution >= 4 is 39.2 Å². The number of aryl methyl sites for hydroxylation is 2. The maximum Gasteiger partial charge on any atom is 0.251 e. The molecule has 1 aromatic heterocycles. The Morgan fingerprint density at radius 3 is 2.47 bits per heavy atom. The third kappa shape index (κ3) is 2.96. The SMILES string of the molecule is Cc1ccc(C(=O)NCC2(C)C(=O)N(C)c3cccc4c3c2nc2ccc(C)cc24)cc1. The number of nitrogens with one attached hydrogen (secondary N) is 1. The van der Waals surface area contributed by atoms with E-state index in [1.54, 1.807) is 24.1 Å². The van der Waals surface area contributed by atoms with Crippen LogP contribution >= 0.6 is 0 Å². The molecule has 2 heterocycles. The first kappa shape index (κ1) is 20.2. The molecule has 5 heteroatoms. The van der Waals surface area contributed by atoms with E-state index >= 15 is 0 Å². The molecule has 1 aliphatic rings. The van der Waals surface area contributed by atoms with Crippen molar-refractivity contribution in [2.24, 2.45) is 0 Å². The highest BCUT2D eigenvalue weighted by atomic mass is 16.2. The van der Waals surface area contributed by atoms with Gasteiger partial charge in [-0.05, 0) is 56.5 Å². The first-order valence-electron chi connectivity index (χ1n) is 10.8. The molecule has 32 heavy (non-hydrogen) atoms. The Bertz CT molecular complexity index is 1410. The molecule has 1 aliphatic heterocycles. The van der Waals surface area contributed by atoms with E-state index in [0.717, 1.165) is 38.5 Å². The average Bonchev–Trinajstić information content (AvgIpc) is 2.80. The van der Waals surface area contributed by atoms with Crippen molar-refractivity contribution in [2.75, 3.05) is 18.5 Å². The second-order valence-corrected chi connectivity index (χ2v) is 8.93. The van der Waals surface area contributed by atoms with E-state index in [2.05, 4.69) is 24.4 Å². The smallest absolute Gasteiger partial charge is 0.251 e. The fourth-order valence-corrected chi connectivity index (χ4v) is 4.64. The normalized spacial score (nSPS) is 17.8. The highest BCUT2D eigenvalue weighted by Gasteiger charge is 2.45. The number of likely N-dealkylation sites (N-methyl/N-ethyl adjacent to an activating group) is 1. The summed E-state index contributed by atoms with van der Waals surface area (Å²) < 4.78 is 0. The molecule has 0 aliphatic carbocycles. The Morgan fingerprint density at radius 2 is 1.72 bits per heavy atom. The summed E-state index contributed by atoms with van der Waals surface area (Å²) in [4.78, 5) is 33.0. The topological polar surface area (TPSA) is 62.3 Å². The molecule has 0 radical (unpaired) electrons. The van der Waals surface area contributed by atoms with Crippen LogP contribution in [0.2, 0.25) is 0 Å². The number of rotatable bonds is 3. The summed E-state index contributed by atoms with van der Waals surface area (Å²) in [6, 6.07) is 19.6. The maximum atomic E-state index is 13.6. The summed E-state index contributed by atoms with van der Waals surface area (Å²) in [5, 5.41) is 6.10. The second-order valence-electron chi connectivity index (χ2n) is 8.93. The van der Waals surface area contributed by atoms with Crippen LogP contribution in [0.25, 0.3) is 21.7 Å². The first-order valence-corrected chi connectivity index (χ1v) is 10.8. The van der Waals surface area contributed by atoms with Crippen molar-refractivity contribution in [1.82, 2.24) is 10.3 Å². The van der Waals surface area contributed by atoms with Gasteiger partial charge in [0.05, 0.1) is 16.9 Å². The van der Waals surface area contributed by atoms with Crippen molar-refractivity contribution in [3.05, 3.63) is 83.0 Å². The van der Waals surface area contributed by atoms with Crippen molar-refractivity contribution in [2.45, 2.75) is 26.2 Å². The van der Waals surface area contributed by atoms with E-state index in [-0.39, 0.29) is 18.4 Å². The van der Waals surface area contributed by atoms with Crippen LogP contribution in [0.5, 0.6) is 0 Å². The molecule has 1 N–H and O–H groups in total. The van der Waals surface area contributed by atoms with Gasteiger partial charge >= 0.3 is 0 Å². The molecule has 1 atom stereocenters. The van der Waals surface area contributed by atoms with Crippen LogP contribution in [-0.4, -0.2) is 30.4 Å². The van der Waals surface area contributed by atoms with Gasteiger partial charge in [0.15, 0.2) is 0 Å². The molecular formula is C27H25N3O2.